The van der Waals surface area contributed by atoms with Gasteiger partial charge in [-0.1, -0.05) is 42.1 Å². The molecule has 0 atom stereocenters. The number of rotatable bonds is 7. The molecule has 0 saturated carbocycles. The molecule has 30 heavy (non-hydrogen) atoms. The molecule has 0 unspecified atom stereocenters. The minimum Gasteiger partial charge on any atom is -0.497 e. The maximum absolute atomic E-state index is 14.4. The molecule has 3 aromatic carbocycles. The van der Waals surface area contributed by atoms with E-state index in [1.807, 2.05) is 30.3 Å². The minimum absolute atomic E-state index is 0.0438. The summed E-state index contributed by atoms with van der Waals surface area (Å²) in [5.41, 5.74) is 1.73. The third-order valence-corrected chi connectivity index (χ3v) is 5.44. The molecule has 0 spiro atoms. The van der Waals surface area contributed by atoms with Crippen molar-refractivity contribution in [3.05, 3.63) is 90.2 Å². The lowest BCUT2D eigenvalue weighted by atomic mass is 10.1. The van der Waals surface area contributed by atoms with E-state index in [9.17, 15) is 9.18 Å². The summed E-state index contributed by atoms with van der Waals surface area (Å²) in [6.07, 6.45) is 0. The van der Waals surface area contributed by atoms with Crippen molar-refractivity contribution in [3.8, 4) is 22.8 Å². The Labute approximate surface area is 177 Å². The highest BCUT2D eigenvalue weighted by molar-refractivity contribution is 7.99. The molecule has 4 aromatic rings. The summed E-state index contributed by atoms with van der Waals surface area (Å²) < 4.78 is 21.3. The van der Waals surface area contributed by atoms with Gasteiger partial charge in [0.15, 0.2) is 16.8 Å². The Morgan fingerprint density at radius 3 is 2.37 bits per heavy atom. The average Bonchev–Trinajstić information content (AvgIpc) is 3.22. The van der Waals surface area contributed by atoms with Crippen LogP contribution in [0, 0.1) is 5.82 Å². The number of para-hydroxylation sites is 1. The van der Waals surface area contributed by atoms with Crippen LogP contribution in [0.1, 0.15) is 10.4 Å². The topological polar surface area (TPSA) is 57.0 Å². The van der Waals surface area contributed by atoms with Gasteiger partial charge in [0.05, 0.1) is 18.4 Å². The van der Waals surface area contributed by atoms with Crippen molar-refractivity contribution >= 4 is 17.5 Å². The van der Waals surface area contributed by atoms with Crippen LogP contribution < -0.4 is 4.74 Å². The lowest BCUT2D eigenvalue weighted by molar-refractivity contribution is 0.102. The molecular weight excluding hydrogens is 401 g/mol. The number of hydrogen-bond acceptors (Lipinski definition) is 5. The van der Waals surface area contributed by atoms with Gasteiger partial charge in [-0.25, -0.2) is 4.39 Å². The van der Waals surface area contributed by atoms with Gasteiger partial charge in [0.1, 0.15) is 11.6 Å². The van der Waals surface area contributed by atoms with Gasteiger partial charge in [0.2, 0.25) is 0 Å². The summed E-state index contributed by atoms with van der Waals surface area (Å²) in [6, 6.07) is 22.9. The Morgan fingerprint density at radius 2 is 1.67 bits per heavy atom. The molecule has 0 bridgehead atoms. The first-order valence-corrected chi connectivity index (χ1v) is 10.2. The maximum atomic E-state index is 14.4. The van der Waals surface area contributed by atoms with Crippen LogP contribution in [0.4, 0.5) is 4.39 Å². The number of carbonyl (C=O) groups excluding carboxylic acids is 1. The second-order valence-corrected chi connectivity index (χ2v) is 7.34. The number of hydrogen-bond donors (Lipinski definition) is 0. The van der Waals surface area contributed by atoms with Crippen molar-refractivity contribution in [1.82, 2.24) is 14.8 Å². The van der Waals surface area contributed by atoms with Crippen molar-refractivity contribution in [2.24, 2.45) is 0 Å². The monoisotopic (exact) mass is 419 g/mol. The van der Waals surface area contributed by atoms with Crippen LogP contribution in [0.5, 0.6) is 5.75 Å². The number of Topliss-reactive ketones (excluding diaryl/α,β-unsaturated/α-hetero) is 1. The van der Waals surface area contributed by atoms with Crippen LogP contribution in [0.25, 0.3) is 17.1 Å². The Morgan fingerprint density at radius 1 is 0.967 bits per heavy atom. The first-order valence-electron chi connectivity index (χ1n) is 9.23. The average molecular weight is 419 g/mol. The van der Waals surface area contributed by atoms with Gasteiger partial charge in [-0.05, 0) is 48.5 Å². The highest BCUT2D eigenvalue weighted by Gasteiger charge is 2.19. The fourth-order valence-corrected chi connectivity index (χ4v) is 3.83. The van der Waals surface area contributed by atoms with E-state index in [0.717, 1.165) is 5.69 Å². The first-order chi connectivity index (χ1) is 14.7. The number of methoxy groups -OCH3 is 1. The van der Waals surface area contributed by atoms with Crippen LogP contribution in [-0.2, 0) is 0 Å². The Bertz CT molecular complexity index is 1160. The predicted molar refractivity (Wildman–Crippen MR) is 115 cm³/mol. The van der Waals surface area contributed by atoms with Crippen LogP contribution in [0.3, 0.4) is 0 Å². The molecular formula is C23H18FN3O2S. The lowest BCUT2D eigenvalue weighted by Gasteiger charge is -2.10. The normalized spacial score (nSPS) is 10.7. The van der Waals surface area contributed by atoms with Crippen molar-refractivity contribution in [2.75, 3.05) is 12.9 Å². The third-order valence-electron chi connectivity index (χ3n) is 4.51. The molecule has 0 amide bonds. The van der Waals surface area contributed by atoms with Crippen LogP contribution in [0.2, 0.25) is 0 Å². The molecule has 0 radical (unpaired) electrons. The quantitative estimate of drug-likeness (QED) is 0.310. The highest BCUT2D eigenvalue weighted by atomic mass is 32.2. The van der Waals surface area contributed by atoms with Crippen molar-refractivity contribution in [1.29, 1.82) is 0 Å². The van der Waals surface area contributed by atoms with Crippen LogP contribution in [-0.4, -0.2) is 33.4 Å². The lowest BCUT2D eigenvalue weighted by Crippen LogP contribution is -2.05. The van der Waals surface area contributed by atoms with Crippen LogP contribution in [0.15, 0.2) is 84.0 Å². The molecule has 0 aliphatic heterocycles. The van der Waals surface area contributed by atoms with Crippen molar-refractivity contribution in [2.45, 2.75) is 5.16 Å². The summed E-state index contributed by atoms with van der Waals surface area (Å²) >= 11 is 1.26. The molecule has 0 aliphatic rings. The van der Waals surface area contributed by atoms with E-state index >= 15 is 0 Å². The molecule has 0 N–H and O–H groups in total. The number of aromatic nitrogens is 3. The second-order valence-electron chi connectivity index (χ2n) is 6.40. The fourth-order valence-electron chi connectivity index (χ4n) is 2.98. The first kappa shape index (κ1) is 19.8. The molecule has 1 heterocycles. The van der Waals surface area contributed by atoms with Crippen LogP contribution >= 0.6 is 11.8 Å². The number of thioether (sulfide) groups is 1. The zero-order valence-corrected chi connectivity index (χ0v) is 17.0. The van der Waals surface area contributed by atoms with E-state index in [0.29, 0.717) is 27.9 Å². The Balaban J connectivity index is 1.65. The zero-order chi connectivity index (χ0) is 20.9. The molecule has 7 heteroatoms. The van der Waals surface area contributed by atoms with Gasteiger partial charge < -0.3 is 4.74 Å². The SMILES string of the molecule is COc1ccc(C(=O)CSc2nnc(-c3ccccc3F)n2-c2ccccc2)cc1. The summed E-state index contributed by atoms with van der Waals surface area (Å²) in [5.74, 6) is 0.830. The van der Waals surface area contributed by atoms with E-state index in [2.05, 4.69) is 10.2 Å². The van der Waals surface area contributed by atoms with Gasteiger partial charge in [-0.3, -0.25) is 9.36 Å². The molecule has 0 aliphatic carbocycles. The van der Waals surface area contributed by atoms with Crippen molar-refractivity contribution in [3.63, 3.8) is 0 Å². The number of halogens is 1. The second kappa shape index (κ2) is 8.92. The van der Waals surface area contributed by atoms with Gasteiger partial charge in [0.25, 0.3) is 0 Å². The summed E-state index contributed by atoms with van der Waals surface area (Å²) in [5, 5.41) is 8.98. The van der Waals surface area contributed by atoms with Gasteiger partial charge in [-0.2, -0.15) is 0 Å². The number of ketones is 1. The fraction of sp³-hybridized carbons (Fsp3) is 0.0870. The Hall–Kier alpha value is -3.45. The largest absolute Gasteiger partial charge is 0.497 e. The van der Waals surface area contributed by atoms with Gasteiger partial charge >= 0.3 is 0 Å². The molecule has 4 rings (SSSR count). The molecule has 0 fully saturated rings. The van der Waals surface area contributed by atoms with E-state index in [1.165, 1.54) is 17.8 Å². The van der Waals surface area contributed by atoms with E-state index in [-0.39, 0.29) is 17.4 Å². The van der Waals surface area contributed by atoms with E-state index in [4.69, 9.17) is 4.74 Å². The molecule has 150 valence electrons. The number of benzene rings is 3. The van der Waals surface area contributed by atoms with E-state index < -0.39 is 0 Å². The number of carbonyl (C=O) groups is 1. The number of nitrogens with zero attached hydrogens (tertiary/aromatic N) is 3. The zero-order valence-electron chi connectivity index (χ0n) is 16.2. The van der Waals surface area contributed by atoms with Crippen molar-refractivity contribution < 1.29 is 13.9 Å². The third kappa shape index (κ3) is 4.11. The number of ether oxygens (including phenoxy) is 1. The highest BCUT2D eigenvalue weighted by Crippen LogP contribution is 2.29. The Kier molecular flexibility index (Phi) is 5.90. The predicted octanol–water partition coefficient (Wildman–Crippen LogP) is 5.06. The van der Waals surface area contributed by atoms with Gasteiger partial charge in [-0.15, -0.1) is 10.2 Å². The van der Waals surface area contributed by atoms with Gasteiger partial charge in [0, 0.05) is 11.3 Å². The maximum Gasteiger partial charge on any atom is 0.196 e. The molecule has 0 saturated heterocycles. The molecule has 5 nitrogen and oxygen atoms in total. The summed E-state index contributed by atoms with van der Waals surface area (Å²) in [4.78, 5) is 12.6. The summed E-state index contributed by atoms with van der Waals surface area (Å²) in [6.45, 7) is 0. The standard InChI is InChI=1S/C23H18FN3O2S/c1-29-18-13-11-16(12-14-18)21(28)15-30-23-26-25-22(19-9-5-6-10-20(19)24)27(23)17-7-3-2-4-8-17/h2-14H,15H2,1H3. The van der Waals surface area contributed by atoms with E-state index in [1.54, 1.807) is 54.1 Å². The minimum atomic E-state index is -0.382. The smallest absolute Gasteiger partial charge is 0.196 e. The summed E-state index contributed by atoms with van der Waals surface area (Å²) in [7, 11) is 1.58. The molecule has 1 aromatic heterocycles.